The monoisotopic (exact) mass is 386 g/mol. The van der Waals surface area contributed by atoms with Crippen LogP contribution in [0, 0.1) is 0 Å². The molecule has 1 aromatic heterocycles. The Hall–Kier alpha value is -2.41. The first-order chi connectivity index (χ1) is 13.5. The average molecular weight is 386 g/mol. The fourth-order valence-electron chi connectivity index (χ4n) is 4.01. The number of amides is 1. The first-order valence-electron chi connectivity index (χ1n) is 10.3. The lowest BCUT2D eigenvalue weighted by Gasteiger charge is -2.36. The number of piperazine rings is 1. The minimum atomic E-state index is -0.603. The Morgan fingerprint density at radius 2 is 1.71 bits per heavy atom. The molecule has 0 aliphatic carbocycles. The van der Waals surface area contributed by atoms with E-state index in [2.05, 4.69) is 11.8 Å². The molecule has 7 nitrogen and oxygen atoms in total. The van der Waals surface area contributed by atoms with Gasteiger partial charge >= 0.3 is 5.69 Å². The summed E-state index contributed by atoms with van der Waals surface area (Å²) in [6.07, 6.45) is 1.18. The van der Waals surface area contributed by atoms with Crippen LogP contribution >= 0.6 is 0 Å². The van der Waals surface area contributed by atoms with E-state index in [4.69, 9.17) is 0 Å². The summed E-state index contributed by atoms with van der Waals surface area (Å²) in [7, 11) is 0. The molecular formula is C21H30N4O3. The second-order valence-electron chi connectivity index (χ2n) is 7.31. The number of aromatic nitrogens is 2. The van der Waals surface area contributed by atoms with Gasteiger partial charge in [-0.1, -0.05) is 32.9 Å². The smallest absolute Gasteiger partial charge is 0.332 e. The molecule has 0 saturated carbocycles. The fourth-order valence-corrected chi connectivity index (χ4v) is 4.01. The van der Waals surface area contributed by atoms with E-state index in [0.717, 1.165) is 19.6 Å². The molecule has 1 aliphatic rings. The molecule has 0 spiro atoms. The number of nitrogens with zero attached hydrogens (tertiary/aromatic N) is 4. The van der Waals surface area contributed by atoms with Gasteiger partial charge in [0.2, 0.25) is 5.91 Å². The normalized spacial score (nSPS) is 16.5. The third kappa shape index (κ3) is 3.63. The maximum atomic E-state index is 13.3. The number of hydrogen-bond acceptors (Lipinski definition) is 4. The maximum Gasteiger partial charge on any atom is 0.332 e. The van der Waals surface area contributed by atoms with Gasteiger partial charge in [-0.25, -0.2) is 4.79 Å². The number of fused-ring (bicyclic) bond motifs is 1. The second-order valence-corrected chi connectivity index (χ2v) is 7.31. The van der Waals surface area contributed by atoms with Gasteiger partial charge < -0.3 is 9.80 Å². The summed E-state index contributed by atoms with van der Waals surface area (Å²) >= 11 is 0. The summed E-state index contributed by atoms with van der Waals surface area (Å²) < 4.78 is 2.81. The Balaban J connectivity index is 2.08. The number of carbonyl (C=O) groups is 1. The number of benzene rings is 1. The summed E-state index contributed by atoms with van der Waals surface area (Å²) in [5.74, 6) is -0.0350. The fraction of sp³-hybridized carbons (Fsp3) is 0.571. The van der Waals surface area contributed by atoms with E-state index in [1.54, 1.807) is 28.8 Å². The standard InChI is InChI=1S/C21H30N4O3/c1-4-11-24-19(26)16-9-7-8-10-18(16)25(21(24)28)17(5-2)20(27)23-14-12-22(6-3)13-15-23/h7-10,17H,4-6,11-15H2,1-3H3/t17-/m0/s1. The molecule has 0 unspecified atom stereocenters. The van der Waals surface area contributed by atoms with E-state index in [0.29, 0.717) is 43.4 Å². The lowest BCUT2D eigenvalue weighted by atomic mass is 10.1. The Kier molecular flexibility index (Phi) is 6.34. The zero-order valence-electron chi connectivity index (χ0n) is 17.1. The number of para-hydroxylation sites is 1. The lowest BCUT2D eigenvalue weighted by molar-refractivity contribution is -0.136. The highest BCUT2D eigenvalue weighted by atomic mass is 16.2. The van der Waals surface area contributed by atoms with Crippen molar-refractivity contribution in [3.63, 3.8) is 0 Å². The third-order valence-corrected chi connectivity index (χ3v) is 5.64. The third-order valence-electron chi connectivity index (χ3n) is 5.64. The molecule has 1 fully saturated rings. The van der Waals surface area contributed by atoms with Crippen LogP contribution in [0.5, 0.6) is 0 Å². The molecule has 1 amide bonds. The maximum absolute atomic E-state index is 13.3. The average Bonchev–Trinajstić information content (AvgIpc) is 2.73. The van der Waals surface area contributed by atoms with Gasteiger partial charge in [-0.2, -0.15) is 0 Å². The summed E-state index contributed by atoms with van der Waals surface area (Å²) in [6, 6.07) is 6.49. The van der Waals surface area contributed by atoms with E-state index >= 15 is 0 Å². The van der Waals surface area contributed by atoms with Gasteiger partial charge in [0.25, 0.3) is 5.56 Å². The highest BCUT2D eigenvalue weighted by molar-refractivity contribution is 5.84. The topological polar surface area (TPSA) is 67.6 Å². The molecule has 1 aromatic carbocycles. The molecule has 3 rings (SSSR count). The van der Waals surface area contributed by atoms with Crippen molar-refractivity contribution in [3.05, 3.63) is 45.1 Å². The molecule has 1 atom stereocenters. The van der Waals surface area contributed by atoms with Crippen LogP contribution in [0.1, 0.15) is 39.7 Å². The SMILES string of the molecule is CCCn1c(=O)c2ccccc2n([C@@H](CC)C(=O)N2CCN(CC)CC2)c1=O. The number of carbonyl (C=O) groups excluding carboxylic acids is 1. The first kappa shape index (κ1) is 20.3. The molecule has 7 heteroatoms. The van der Waals surface area contributed by atoms with Gasteiger partial charge in [-0.3, -0.25) is 18.7 Å². The number of hydrogen-bond donors (Lipinski definition) is 0. The molecule has 1 saturated heterocycles. The van der Waals surface area contributed by atoms with Gasteiger partial charge in [0.05, 0.1) is 10.9 Å². The Morgan fingerprint density at radius 1 is 1.04 bits per heavy atom. The van der Waals surface area contributed by atoms with Gasteiger partial charge in [0, 0.05) is 32.7 Å². The first-order valence-corrected chi connectivity index (χ1v) is 10.3. The minimum absolute atomic E-state index is 0.0350. The quantitative estimate of drug-likeness (QED) is 0.758. The predicted molar refractivity (Wildman–Crippen MR) is 111 cm³/mol. The van der Waals surface area contributed by atoms with Crippen molar-refractivity contribution in [1.29, 1.82) is 0 Å². The predicted octanol–water partition coefficient (Wildman–Crippen LogP) is 1.69. The molecular weight excluding hydrogens is 356 g/mol. The van der Waals surface area contributed by atoms with Crippen molar-refractivity contribution in [2.75, 3.05) is 32.7 Å². The highest BCUT2D eigenvalue weighted by Gasteiger charge is 2.30. The van der Waals surface area contributed by atoms with E-state index in [9.17, 15) is 14.4 Å². The van der Waals surface area contributed by atoms with Crippen LogP contribution in [0.15, 0.2) is 33.9 Å². The summed E-state index contributed by atoms with van der Waals surface area (Å²) in [5.41, 5.74) is -0.132. The van der Waals surface area contributed by atoms with Crippen LogP contribution in [0.2, 0.25) is 0 Å². The van der Waals surface area contributed by atoms with Gasteiger partial charge in [-0.05, 0) is 31.5 Å². The van der Waals surface area contributed by atoms with Crippen LogP contribution < -0.4 is 11.2 Å². The van der Waals surface area contributed by atoms with Crippen LogP contribution in [0.25, 0.3) is 10.9 Å². The summed E-state index contributed by atoms with van der Waals surface area (Å²) in [4.78, 5) is 43.5. The van der Waals surface area contributed by atoms with Crippen molar-refractivity contribution in [3.8, 4) is 0 Å². The van der Waals surface area contributed by atoms with Crippen LogP contribution in [0.3, 0.4) is 0 Å². The van der Waals surface area contributed by atoms with Gasteiger partial charge in [-0.15, -0.1) is 0 Å². The Labute approximate surface area is 165 Å². The highest BCUT2D eigenvalue weighted by Crippen LogP contribution is 2.19. The number of rotatable bonds is 6. The van der Waals surface area contributed by atoms with E-state index < -0.39 is 11.7 Å². The molecule has 0 radical (unpaired) electrons. The van der Waals surface area contributed by atoms with Crippen molar-refractivity contribution in [1.82, 2.24) is 18.9 Å². The zero-order chi connectivity index (χ0) is 20.3. The minimum Gasteiger partial charge on any atom is -0.338 e. The molecule has 2 heterocycles. The number of likely N-dealkylation sites (N-methyl/N-ethyl adjacent to an activating group) is 1. The van der Waals surface area contributed by atoms with Crippen molar-refractivity contribution in [2.45, 2.75) is 46.2 Å². The van der Waals surface area contributed by atoms with Crippen LogP contribution in [0.4, 0.5) is 0 Å². The van der Waals surface area contributed by atoms with E-state index in [1.807, 2.05) is 18.7 Å². The molecule has 0 N–H and O–H groups in total. The molecule has 1 aliphatic heterocycles. The Bertz CT molecular complexity index is 954. The second kappa shape index (κ2) is 8.73. The largest absolute Gasteiger partial charge is 0.338 e. The van der Waals surface area contributed by atoms with Gasteiger partial charge in [0.1, 0.15) is 6.04 Å². The lowest BCUT2D eigenvalue weighted by Crippen LogP contribution is -2.52. The molecule has 0 bridgehead atoms. The summed E-state index contributed by atoms with van der Waals surface area (Å²) in [6.45, 7) is 10.3. The van der Waals surface area contributed by atoms with Crippen LogP contribution in [-0.4, -0.2) is 57.6 Å². The van der Waals surface area contributed by atoms with E-state index in [1.165, 1.54) is 4.57 Å². The van der Waals surface area contributed by atoms with Crippen molar-refractivity contribution < 1.29 is 4.79 Å². The molecule has 152 valence electrons. The van der Waals surface area contributed by atoms with Gasteiger partial charge in [0.15, 0.2) is 0 Å². The van der Waals surface area contributed by atoms with Crippen molar-refractivity contribution in [2.24, 2.45) is 0 Å². The van der Waals surface area contributed by atoms with Crippen molar-refractivity contribution >= 4 is 16.8 Å². The molecule has 28 heavy (non-hydrogen) atoms. The Morgan fingerprint density at radius 3 is 2.32 bits per heavy atom. The van der Waals surface area contributed by atoms with E-state index in [-0.39, 0.29) is 11.5 Å². The van der Waals surface area contributed by atoms with Crippen LogP contribution in [-0.2, 0) is 11.3 Å². The summed E-state index contributed by atoms with van der Waals surface area (Å²) in [5, 5.41) is 0.484. The molecule has 2 aromatic rings. The zero-order valence-corrected chi connectivity index (χ0v) is 17.1.